The van der Waals surface area contributed by atoms with E-state index in [2.05, 4.69) is 4.90 Å². The zero-order valence-electron chi connectivity index (χ0n) is 13.1. The van der Waals surface area contributed by atoms with Crippen LogP contribution in [0.15, 0.2) is 24.3 Å². The number of thiazole rings is 1. The molecule has 0 saturated carbocycles. The number of carbonyl (C=O) groups is 1. The number of benzene rings is 1. The number of anilines is 1. The average Bonchev–Trinajstić information content (AvgIpc) is 2.99. The zero-order valence-corrected chi connectivity index (χ0v) is 13.9. The Morgan fingerprint density at radius 2 is 1.96 bits per heavy atom. The molecule has 5 nitrogen and oxygen atoms in total. The molecule has 1 aliphatic rings. The first kappa shape index (κ1) is 15.8. The normalized spacial score (nSPS) is 14.7. The topological polar surface area (TPSA) is 62.7 Å². The Labute approximate surface area is 139 Å². The Morgan fingerprint density at radius 3 is 2.57 bits per heavy atom. The van der Waals surface area contributed by atoms with Gasteiger partial charge in [-0.2, -0.15) is 0 Å². The lowest BCUT2D eigenvalue weighted by molar-refractivity contribution is -0.136. The van der Waals surface area contributed by atoms with E-state index in [0.717, 1.165) is 40.1 Å². The maximum absolute atomic E-state index is 11.2. The largest absolute Gasteiger partial charge is 0.497 e. The third kappa shape index (κ3) is 3.64. The molecule has 1 N–H and O–H groups in total. The lowest BCUT2D eigenvalue weighted by Gasteiger charge is -2.25. The van der Waals surface area contributed by atoms with E-state index in [1.165, 1.54) is 30.6 Å². The summed E-state index contributed by atoms with van der Waals surface area (Å²) in [6.45, 7) is 2.00. The van der Waals surface area contributed by atoms with Gasteiger partial charge in [-0.15, -0.1) is 11.3 Å². The molecule has 1 aromatic carbocycles. The quantitative estimate of drug-likeness (QED) is 0.909. The number of aromatic nitrogens is 1. The molecule has 0 radical (unpaired) electrons. The zero-order chi connectivity index (χ0) is 16.2. The molecule has 0 spiro atoms. The molecule has 122 valence electrons. The predicted octanol–water partition coefficient (Wildman–Crippen LogP) is 3.44. The summed E-state index contributed by atoms with van der Waals surface area (Å²) in [4.78, 5) is 19.0. The van der Waals surface area contributed by atoms with Gasteiger partial charge in [-0.05, 0) is 43.5 Å². The lowest BCUT2D eigenvalue weighted by atomic mass is 10.1. The Kier molecular flexibility index (Phi) is 4.81. The van der Waals surface area contributed by atoms with E-state index in [9.17, 15) is 9.90 Å². The van der Waals surface area contributed by atoms with Crippen LogP contribution >= 0.6 is 11.3 Å². The van der Waals surface area contributed by atoms with E-state index in [0.29, 0.717) is 0 Å². The van der Waals surface area contributed by atoms with Crippen LogP contribution in [0.3, 0.4) is 0 Å². The van der Waals surface area contributed by atoms with E-state index in [-0.39, 0.29) is 6.42 Å². The Hall–Kier alpha value is -2.08. The van der Waals surface area contributed by atoms with Crippen molar-refractivity contribution in [2.75, 3.05) is 25.1 Å². The second-order valence-corrected chi connectivity index (χ2v) is 6.68. The van der Waals surface area contributed by atoms with E-state index < -0.39 is 5.97 Å². The molecule has 2 aromatic rings. The number of hydrogen-bond donors (Lipinski definition) is 1. The molecule has 0 amide bonds. The fourth-order valence-corrected chi connectivity index (χ4v) is 3.92. The summed E-state index contributed by atoms with van der Waals surface area (Å²) in [7, 11) is 1.63. The number of carboxylic acid groups (broad SMARTS) is 1. The van der Waals surface area contributed by atoms with Gasteiger partial charge in [-0.25, -0.2) is 4.98 Å². The van der Waals surface area contributed by atoms with E-state index >= 15 is 0 Å². The van der Waals surface area contributed by atoms with Crippen LogP contribution in [0.1, 0.15) is 24.1 Å². The second-order valence-electron chi connectivity index (χ2n) is 5.61. The highest BCUT2D eigenvalue weighted by molar-refractivity contribution is 7.16. The molecular weight excluding hydrogens is 312 g/mol. The van der Waals surface area contributed by atoms with Crippen LogP contribution in [0.25, 0.3) is 11.3 Å². The molecule has 1 fully saturated rings. The third-order valence-electron chi connectivity index (χ3n) is 3.99. The number of methoxy groups -OCH3 is 1. The molecule has 0 atom stereocenters. The van der Waals surface area contributed by atoms with Gasteiger partial charge in [0, 0.05) is 23.5 Å². The molecule has 0 aliphatic carbocycles. The van der Waals surface area contributed by atoms with Crippen molar-refractivity contribution in [2.24, 2.45) is 0 Å². The van der Waals surface area contributed by atoms with Gasteiger partial charge >= 0.3 is 5.97 Å². The second kappa shape index (κ2) is 7.00. The van der Waals surface area contributed by atoms with Crippen LogP contribution < -0.4 is 9.64 Å². The van der Waals surface area contributed by atoms with Crippen LogP contribution in [0.2, 0.25) is 0 Å². The molecule has 6 heteroatoms. The summed E-state index contributed by atoms with van der Waals surface area (Å²) in [6.07, 6.45) is 3.61. The minimum Gasteiger partial charge on any atom is -0.497 e. The smallest absolute Gasteiger partial charge is 0.308 e. The van der Waals surface area contributed by atoms with Gasteiger partial charge in [0.25, 0.3) is 0 Å². The Bertz CT molecular complexity index is 676. The number of hydrogen-bond acceptors (Lipinski definition) is 5. The summed E-state index contributed by atoms with van der Waals surface area (Å²) < 4.78 is 5.18. The van der Waals surface area contributed by atoms with Crippen molar-refractivity contribution >= 4 is 22.4 Å². The first-order chi connectivity index (χ1) is 11.2. The van der Waals surface area contributed by atoms with E-state index in [1.54, 1.807) is 7.11 Å². The van der Waals surface area contributed by atoms with Crippen LogP contribution in [0, 0.1) is 0 Å². The summed E-state index contributed by atoms with van der Waals surface area (Å²) in [6, 6.07) is 7.61. The molecule has 23 heavy (non-hydrogen) atoms. The van der Waals surface area contributed by atoms with Crippen molar-refractivity contribution in [3.63, 3.8) is 0 Å². The Balaban J connectivity index is 1.95. The Morgan fingerprint density at radius 1 is 1.26 bits per heavy atom. The highest BCUT2D eigenvalue weighted by atomic mass is 32.1. The summed E-state index contributed by atoms with van der Waals surface area (Å²) in [5.74, 6) is -0.0476. The molecular formula is C17H20N2O3S. The molecule has 0 bridgehead atoms. The van der Waals surface area contributed by atoms with Crippen LogP contribution in [0.4, 0.5) is 5.13 Å². The summed E-state index contributed by atoms with van der Waals surface area (Å²) in [5, 5.41) is 10.1. The van der Waals surface area contributed by atoms with Gasteiger partial charge in [0.15, 0.2) is 5.13 Å². The summed E-state index contributed by atoms with van der Waals surface area (Å²) >= 11 is 1.50. The summed E-state index contributed by atoms with van der Waals surface area (Å²) in [5.41, 5.74) is 1.71. The van der Waals surface area contributed by atoms with Gasteiger partial charge < -0.3 is 14.7 Å². The van der Waals surface area contributed by atoms with E-state index in [1.807, 2.05) is 24.3 Å². The van der Waals surface area contributed by atoms with Gasteiger partial charge in [0.05, 0.1) is 19.2 Å². The number of nitrogens with zero attached hydrogens (tertiary/aromatic N) is 2. The first-order valence-electron chi connectivity index (χ1n) is 7.78. The van der Waals surface area contributed by atoms with E-state index in [4.69, 9.17) is 9.72 Å². The fraction of sp³-hybridized carbons (Fsp3) is 0.412. The number of piperidine rings is 1. The maximum atomic E-state index is 11.2. The van der Waals surface area contributed by atoms with Crippen molar-refractivity contribution in [3.8, 4) is 17.0 Å². The number of aliphatic carboxylic acids is 1. The van der Waals surface area contributed by atoms with Crippen LogP contribution in [0.5, 0.6) is 5.75 Å². The third-order valence-corrected chi connectivity index (χ3v) is 5.10. The maximum Gasteiger partial charge on any atom is 0.308 e. The van der Waals surface area contributed by atoms with Crippen molar-refractivity contribution in [3.05, 3.63) is 29.1 Å². The van der Waals surface area contributed by atoms with Crippen molar-refractivity contribution in [2.45, 2.75) is 25.7 Å². The van der Waals surface area contributed by atoms with Gasteiger partial charge in [0.2, 0.25) is 0 Å². The highest BCUT2D eigenvalue weighted by Crippen LogP contribution is 2.35. The molecule has 1 aliphatic heterocycles. The lowest BCUT2D eigenvalue weighted by Crippen LogP contribution is -2.29. The number of rotatable bonds is 5. The molecule has 1 aromatic heterocycles. The minimum absolute atomic E-state index is 0.00681. The van der Waals surface area contributed by atoms with Gasteiger partial charge in [-0.1, -0.05) is 0 Å². The molecule has 0 unspecified atom stereocenters. The van der Waals surface area contributed by atoms with Crippen LogP contribution in [-0.4, -0.2) is 36.3 Å². The number of carboxylic acids is 1. The van der Waals surface area contributed by atoms with Gasteiger partial charge in [-0.3, -0.25) is 4.79 Å². The van der Waals surface area contributed by atoms with Gasteiger partial charge in [0.1, 0.15) is 5.75 Å². The molecule has 3 rings (SSSR count). The van der Waals surface area contributed by atoms with Crippen molar-refractivity contribution in [1.29, 1.82) is 0 Å². The predicted molar refractivity (Wildman–Crippen MR) is 91.5 cm³/mol. The number of ether oxygens (including phenoxy) is 1. The van der Waals surface area contributed by atoms with Crippen LogP contribution in [-0.2, 0) is 11.2 Å². The first-order valence-corrected chi connectivity index (χ1v) is 8.60. The molecule has 2 heterocycles. The fourth-order valence-electron chi connectivity index (χ4n) is 2.79. The SMILES string of the molecule is COc1ccc(-c2nc(N3CCCCC3)sc2CC(=O)O)cc1. The highest BCUT2D eigenvalue weighted by Gasteiger charge is 2.20. The molecule has 1 saturated heterocycles. The minimum atomic E-state index is -0.825. The standard InChI is InChI=1S/C17H20N2O3S/c1-22-13-7-5-12(6-8-13)16-14(11-15(20)21)23-17(18-16)19-9-3-2-4-10-19/h5-8H,2-4,9-11H2,1H3,(H,20,21). The monoisotopic (exact) mass is 332 g/mol. The van der Waals surface area contributed by atoms with Crippen molar-refractivity contribution < 1.29 is 14.6 Å². The average molecular weight is 332 g/mol. The van der Waals surface area contributed by atoms with Crippen molar-refractivity contribution in [1.82, 2.24) is 4.98 Å².